The number of hydrogen-bond acceptors (Lipinski definition) is 5. The number of pyridine rings is 1. The van der Waals surface area contributed by atoms with Gasteiger partial charge in [0.15, 0.2) is 0 Å². The minimum atomic E-state index is -4.71. The Kier molecular flexibility index (Phi) is 8.33. The number of rotatable bonds is 3. The molecule has 0 aliphatic heterocycles. The molecular formula is C21H28F3N3O4. The summed E-state index contributed by atoms with van der Waals surface area (Å²) in [5.41, 5.74) is -2.88. The lowest BCUT2D eigenvalue weighted by Gasteiger charge is -2.21. The molecule has 1 rings (SSSR count). The van der Waals surface area contributed by atoms with E-state index in [0.29, 0.717) is 6.07 Å². The zero-order valence-electron chi connectivity index (χ0n) is 18.7. The lowest BCUT2D eigenvalue weighted by atomic mass is 10.1. The molecule has 0 saturated heterocycles. The monoisotopic (exact) mass is 443 g/mol. The third-order valence-electron chi connectivity index (χ3n) is 3.23. The fraction of sp³-hybridized carbons (Fsp3) is 0.571. The molecule has 31 heavy (non-hydrogen) atoms. The molecule has 7 nitrogen and oxygen atoms in total. The standard InChI is InChI=1S/C21H28F3N3O4/c1-13(26-17(28)30-19(2,3)4)9-8-10-14-12-25-16(11-15(14)21(22,23)24)27-18(29)31-20(5,6)7/h11-13H,9H2,1-7H3,(H,26,28)(H,25,27,29)/t13-/m0/s1. The van der Waals surface area contributed by atoms with Crippen molar-refractivity contribution in [2.24, 2.45) is 0 Å². The Labute approximate surface area is 180 Å². The van der Waals surface area contributed by atoms with E-state index in [4.69, 9.17) is 9.47 Å². The molecule has 0 spiro atoms. The number of aromatic nitrogens is 1. The van der Waals surface area contributed by atoms with Gasteiger partial charge in [-0.2, -0.15) is 13.2 Å². The second kappa shape index (κ2) is 9.90. The van der Waals surface area contributed by atoms with E-state index in [1.165, 1.54) is 0 Å². The molecule has 0 aliphatic rings. The van der Waals surface area contributed by atoms with Crippen molar-refractivity contribution in [2.45, 2.75) is 78.3 Å². The highest BCUT2D eigenvalue weighted by atomic mass is 19.4. The highest BCUT2D eigenvalue weighted by Crippen LogP contribution is 2.32. The predicted octanol–water partition coefficient (Wildman–Crippen LogP) is 5.10. The van der Waals surface area contributed by atoms with Crippen LogP contribution in [0.15, 0.2) is 12.3 Å². The summed E-state index contributed by atoms with van der Waals surface area (Å²) in [4.78, 5) is 27.3. The van der Waals surface area contributed by atoms with Gasteiger partial charge in [0, 0.05) is 18.7 Å². The van der Waals surface area contributed by atoms with Crippen LogP contribution < -0.4 is 10.6 Å². The molecule has 2 amide bonds. The number of anilines is 1. The van der Waals surface area contributed by atoms with Gasteiger partial charge in [-0.3, -0.25) is 5.32 Å². The molecule has 0 unspecified atom stereocenters. The number of carbonyl (C=O) groups excluding carboxylic acids is 2. The van der Waals surface area contributed by atoms with Crippen LogP contribution in [0.1, 0.15) is 66.0 Å². The van der Waals surface area contributed by atoms with Gasteiger partial charge in [-0.15, -0.1) is 0 Å². The topological polar surface area (TPSA) is 89.5 Å². The molecule has 0 fully saturated rings. The number of halogens is 3. The van der Waals surface area contributed by atoms with Crippen LogP contribution in [0, 0.1) is 11.8 Å². The maximum Gasteiger partial charge on any atom is 0.417 e. The first-order valence-electron chi connectivity index (χ1n) is 9.52. The van der Waals surface area contributed by atoms with Crippen molar-refractivity contribution in [3.8, 4) is 11.8 Å². The molecule has 1 heterocycles. The highest BCUT2D eigenvalue weighted by Gasteiger charge is 2.34. The molecule has 0 aliphatic carbocycles. The Bertz CT molecular complexity index is 860. The SMILES string of the molecule is C[C@@H](CC#Cc1cnc(NC(=O)OC(C)(C)C)cc1C(F)(F)F)NC(=O)OC(C)(C)C. The molecule has 2 N–H and O–H groups in total. The van der Waals surface area contributed by atoms with Crippen molar-refractivity contribution in [3.05, 3.63) is 23.4 Å². The Morgan fingerprint density at radius 1 is 1.06 bits per heavy atom. The van der Waals surface area contributed by atoms with E-state index < -0.39 is 41.2 Å². The number of alkyl halides is 3. The third-order valence-corrected chi connectivity index (χ3v) is 3.23. The number of nitrogens with zero attached hydrogens (tertiary/aromatic N) is 1. The first-order valence-corrected chi connectivity index (χ1v) is 9.52. The molecule has 10 heteroatoms. The van der Waals surface area contributed by atoms with E-state index >= 15 is 0 Å². The van der Waals surface area contributed by atoms with E-state index in [1.54, 1.807) is 48.5 Å². The number of hydrogen-bond donors (Lipinski definition) is 2. The number of carbonyl (C=O) groups is 2. The lowest BCUT2D eigenvalue weighted by Crippen LogP contribution is -2.37. The second-order valence-corrected chi connectivity index (χ2v) is 8.79. The third kappa shape index (κ3) is 10.6. The van der Waals surface area contributed by atoms with Crippen molar-refractivity contribution in [1.29, 1.82) is 0 Å². The Morgan fingerprint density at radius 3 is 2.13 bits per heavy atom. The Morgan fingerprint density at radius 2 is 1.61 bits per heavy atom. The normalized spacial score (nSPS) is 12.8. The molecule has 1 aromatic rings. The largest absolute Gasteiger partial charge is 0.444 e. The van der Waals surface area contributed by atoms with Crippen LogP contribution in [0.5, 0.6) is 0 Å². The minimum absolute atomic E-state index is 0.0917. The average molecular weight is 443 g/mol. The summed E-state index contributed by atoms with van der Waals surface area (Å²) in [6.07, 6.45) is -5.26. The summed E-state index contributed by atoms with van der Waals surface area (Å²) in [7, 11) is 0. The van der Waals surface area contributed by atoms with Crippen LogP contribution in [0.2, 0.25) is 0 Å². The molecule has 0 radical (unpaired) electrons. The zero-order chi connectivity index (χ0) is 24.0. The first-order chi connectivity index (χ1) is 14.0. The van der Waals surface area contributed by atoms with Crippen molar-refractivity contribution >= 4 is 18.0 Å². The Hall–Kier alpha value is -2.96. The van der Waals surface area contributed by atoms with Gasteiger partial charge in [0.25, 0.3) is 0 Å². The van der Waals surface area contributed by atoms with E-state index in [2.05, 4.69) is 27.5 Å². The van der Waals surface area contributed by atoms with Crippen molar-refractivity contribution in [2.75, 3.05) is 5.32 Å². The smallest absolute Gasteiger partial charge is 0.417 e. The summed E-state index contributed by atoms with van der Waals surface area (Å²) in [5, 5.41) is 4.72. The minimum Gasteiger partial charge on any atom is -0.444 e. The predicted molar refractivity (Wildman–Crippen MR) is 109 cm³/mol. The fourth-order valence-corrected chi connectivity index (χ4v) is 2.13. The maximum absolute atomic E-state index is 13.4. The van der Waals surface area contributed by atoms with E-state index in [0.717, 1.165) is 6.20 Å². The molecular weight excluding hydrogens is 415 g/mol. The number of ether oxygens (including phenoxy) is 2. The van der Waals surface area contributed by atoms with Crippen LogP contribution in [0.4, 0.5) is 28.6 Å². The van der Waals surface area contributed by atoms with Gasteiger partial charge in [0.2, 0.25) is 0 Å². The van der Waals surface area contributed by atoms with Crippen molar-refractivity contribution in [1.82, 2.24) is 10.3 Å². The molecule has 0 saturated carbocycles. The van der Waals surface area contributed by atoms with Gasteiger partial charge in [0.1, 0.15) is 17.0 Å². The van der Waals surface area contributed by atoms with Crippen LogP contribution >= 0.6 is 0 Å². The van der Waals surface area contributed by atoms with Gasteiger partial charge < -0.3 is 14.8 Å². The number of nitrogens with one attached hydrogen (secondary N) is 2. The van der Waals surface area contributed by atoms with Crippen LogP contribution in [-0.4, -0.2) is 34.4 Å². The van der Waals surface area contributed by atoms with Crippen LogP contribution in [-0.2, 0) is 15.7 Å². The first kappa shape index (κ1) is 26.1. The van der Waals surface area contributed by atoms with Gasteiger partial charge >= 0.3 is 18.4 Å². The molecule has 1 atom stereocenters. The van der Waals surface area contributed by atoms with E-state index in [1.807, 2.05) is 0 Å². The van der Waals surface area contributed by atoms with Crippen LogP contribution in [0.3, 0.4) is 0 Å². The molecule has 1 aromatic heterocycles. The van der Waals surface area contributed by atoms with Gasteiger partial charge in [0.05, 0.1) is 11.1 Å². The molecule has 0 bridgehead atoms. The van der Waals surface area contributed by atoms with Gasteiger partial charge in [-0.1, -0.05) is 11.8 Å². The van der Waals surface area contributed by atoms with Crippen LogP contribution in [0.25, 0.3) is 0 Å². The van der Waals surface area contributed by atoms with Crippen molar-refractivity contribution in [3.63, 3.8) is 0 Å². The number of amides is 2. The van der Waals surface area contributed by atoms with Crippen molar-refractivity contribution < 1.29 is 32.2 Å². The zero-order valence-corrected chi connectivity index (χ0v) is 18.7. The average Bonchev–Trinajstić information content (AvgIpc) is 2.51. The summed E-state index contributed by atoms with van der Waals surface area (Å²) < 4.78 is 50.4. The maximum atomic E-state index is 13.4. The molecule has 0 aromatic carbocycles. The summed E-state index contributed by atoms with van der Waals surface area (Å²) >= 11 is 0. The number of alkyl carbamates (subject to hydrolysis) is 1. The quantitative estimate of drug-likeness (QED) is 0.635. The Balaban J connectivity index is 2.92. The molecule has 172 valence electrons. The summed E-state index contributed by atoms with van der Waals surface area (Å²) in [6.45, 7) is 11.7. The van der Waals surface area contributed by atoms with Gasteiger partial charge in [-0.25, -0.2) is 14.6 Å². The summed E-state index contributed by atoms with van der Waals surface area (Å²) in [5.74, 6) is 4.71. The second-order valence-electron chi connectivity index (χ2n) is 8.79. The van der Waals surface area contributed by atoms with E-state index in [-0.39, 0.29) is 17.8 Å². The highest BCUT2D eigenvalue weighted by molar-refractivity contribution is 5.83. The summed E-state index contributed by atoms with van der Waals surface area (Å²) in [6, 6.07) is 0.244. The fourth-order valence-electron chi connectivity index (χ4n) is 2.13. The lowest BCUT2D eigenvalue weighted by molar-refractivity contribution is -0.137. The van der Waals surface area contributed by atoms with E-state index in [9.17, 15) is 22.8 Å². The van der Waals surface area contributed by atoms with Gasteiger partial charge in [-0.05, 0) is 54.5 Å².